The molecule has 0 fully saturated rings. The Bertz CT molecular complexity index is 672. The summed E-state index contributed by atoms with van der Waals surface area (Å²) in [4.78, 5) is 12.2. The normalized spacial score (nSPS) is 10.9. The molecule has 0 atom stereocenters. The summed E-state index contributed by atoms with van der Waals surface area (Å²) in [6.45, 7) is 0.350. The van der Waals surface area contributed by atoms with Crippen LogP contribution in [0, 0.1) is 10.1 Å². The van der Waals surface area contributed by atoms with E-state index in [-0.39, 0.29) is 18.1 Å². The fourth-order valence-electron chi connectivity index (χ4n) is 1.50. The van der Waals surface area contributed by atoms with Crippen LogP contribution in [-0.4, -0.2) is 26.4 Å². The van der Waals surface area contributed by atoms with Crippen LogP contribution in [0.1, 0.15) is 12.8 Å². The molecule has 0 aliphatic rings. The van der Waals surface area contributed by atoms with Gasteiger partial charge in [-0.15, -0.1) is 0 Å². The van der Waals surface area contributed by atoms with Gasteiger partial charge in [0.1, 0.15) is 0 Å². The van der Waals surface area contributed by atoms with Crippen molar-refractivity contribution in [2.24, 2.45) is 5.11 Å². The average Bonchev–Trinajstić information content (AvgIpc) is 2.42. The number of azide groups is 1. The van der Waals surface area contributed by atoms with Gasteiger partial charge in [-0.25, -0.2) is 13.1 Å². The second-order valence-corrected chi connectivity index (χ2v) is 6.10. The van der Waals surface area contributed by atoms with Gasteiger partial charge in [0.05, 0.1) is 4.92 Å². The standard InChI is InChI=1S/C10H12ClN5O4S/c11-8-3-4-10(9(7-8)16(17)18)21(19,20)14-6-2-1-5-13-15-12/h3-4,7,14H,1-2,5-6H2. The molecule has 0 spiro atoms. The maximum Gasteiger partial charge on any atom is 0.290 e. The molecule has 0 aromatic heterocycles. The van der Waals surface area contributed by atoms with Crippen LogP contribution in [0.25, 0.3) is 10.4 Å². The first-order valence-corrected chi connectivity index (χ1v) is 7.69. The van der Waals surface area contributed by atoms with Crippen molar-refractivity contribution >= 4 is 27.3 Å². The summed E-state index contributed by atoms with van der Waals surface area (Å²) in [5, 5.41) is 14.3. The van der Waals surface area contributed by atoms with Crippen LogP contribution in [0.15, 0.2) is 28.2 Å². The van der Waals surface area contributed by atoms with E-state index in [9.17, 15) is 18.5 Å². The molecule has 0 unspecified atom stereocenters. The van der Waals surface area contributed by atoms with Crippen LogP contribution < -0.4 is 4.72 Å². The van der Waals surface area contributed by atoms with Crippen molar-refractivity contribution in [1.29, 1.82) is 0 Å². The molecule has 0 saturated carbocycles. The summed E-state index contributed by atoms with van der Waals surface area (Å²) in [5.41, 5.74) is 7.50. The van der Waals surface area contributed by atoms with Crippen molar-refractivity contribution in [3.63, 3.8) is 0 Å². The molecular weight excluding hydrogens is 322 g/mol. The molecule has 0 amide bonds. The summed E-state index contributed by atoms with van der Waals surface area (Å²) in [7, 11) is -4.00. The molecule has 0 saturated heterocycles. The third kappa shape index (κ3) is 5.20. The van der Waals surface area contributed by atoms with E-state index in [1.807, 2.05) is 0 Å². The molecule has 9 nitrogen and oxygen atoms in total. The van der Waals surface area contributed by atoms with E-state index in [2.05, 4.69) is 14.7 Å². The largest absolute Gasteiger partial charge is 0.290 e. The Morgan fingerprint density at radius 1 is 1.43 bits per heavy atom. The molecule has 114 valence electrons. The molecule has 1 N–H and O–H groups in total. The summed E-state index contributed by atoms with van der Waals surface area (Å²) in [6, 6.07) is 3.34. The second kappa shape index (κ2) is 7.79. The minimum absolute atomic E-state index is 0.0787. The summed E-state index contributed by atoms with van der Waals surface area (Å²) in [6.07, 6.45) is 0.953. The summed E-state index contributed by atoms with van der Waals surface area (Å²) in [5.74, 6) is 0. The van der Waals surface area contributed by atoms with E-state index < -0.39 is 25.5 Å². The number of halogens is 1. The third-order valence-electron chi connectivity index (χ3n) is 2.45. The van der Waals surface area contributed by atoms with Gasteiger partial charge in [-0.1, -0.05) is 16.7 Å². The summed E-state index contributed by atoms with van der Waals surface area (Å²) < 4.78 is 26.3. The Morgan fingerprint density at radius 2 is 2.14 bits per heavy atom. The van der Waals surface area contributed by atoms with Crippen LogP contribution >= 0.6 is 11.6 Å². The molecule has 0 heterocycles. The van der Waals surface area contributed by atoms with Crippen LogP contribution in [-0.2, 0) is 10.0 Å². The van der Waals surface area contributed by atoms with Gasteiger partial charge in [-0.3, -0.25) is 10.1 Å². The predicted octanol–water partition coefficient (Wildman–Crippen LogP) is 2.62. The molecule has 0 radical (unpaired) electrons. The van der Waals surface area contributed by atoms with Crippen molar-refractivity contribution < 1.29 is 13.3 Å². The zero-order valence-corrected chi connectivity index (χ0v) is 12.3. The number of hydrogen-bond acceptors (Lipinski definition) is 5. The topological polar surface area (TPSA) is 138 Å². The Hall–Kier alpha value is -1.87. The van der Waals surface area contributed by atoms with Gasteiger partial charge in [-0.2, -0.15) is 0 Å². The highest BCUT2D eigenvalue weighted by Gasteiger charge is 2.25. The number of sulfonamides is 1. The molecule has 11 heteroatoms. The van der Waals surface area contributed by atoms with Gasteiger partial charge in [0.2, 0.25) is 10.0 Å². The Balaban J connectivity index is 2.79. The predicted molar refractivity (Wildman–Crippen MR) is 76.5 cm³/mol. The zero-order chi connectivity index (χ0) is 15.9. The van der Waals surface area contributed by atoms with E-state index >= 15 is 0 Å². The Kier molecular flexibility index (Phi) is 6.38. The monoisotopic (exact) mass is 333 g/mol. The van der Waals surface area contributed by atoms with Crippen molar-refractivity contribution in [2.45, 2.75) is 17.7 Å². The molecule has 21 heavy (non-hydrogen) atoms. The van der Waals surface area contributed by atoms with Gasteiger partial charge in [0.25, 0.3) is 5.69 Å². The zero-order valence-electron chi connectivity index (χ0n) is 10.8. The van der Waals surface area contributed by atoms with Crippen LogP contribution in [0.3, 0.4) is 0 Å². The van der Waals surface area contributed by atoms with Crippen LogP contribution in [0.2, 0.25) is 5.02 Å². The van der Waals surface area contributed by atoms with Gasteiger partial charge in [0.15, 0.2) is 4.90 Å². The number of rotatable bonds is 8. The lowest BCUT2D eigenvalue weighted by Crippen LogP contribution is -2.25. The maximum atomic E-state index is 12.0. The number of nitro benzene ring substituents is 1. The van der Waals surface area contributed by atoms with Gasteiger partial charge < -0.3 is 0 Å². The number of benzene rings is 1. The molecule has 0 bridgehead atoms. The lowest BCUT2D eigenvalue weighted by molar-refractivity contribution is -0.387. The average molecular weight is 334 g/mol. The highest BCUT2D eigenvalue weighted by atomic mass is 35.5. The quantitative estimate of drug-likeness (QED) is 0.195. The molecule has 1 aromatic rings. The fraction of sp³-hybridized carbons (Fsp3) is 0.400. The Labute approximate surface area is 125 Å². The van der Waals surface area contributed by atoms with Crippen molar-refractivity contribution in [3.8, 4) is 0 Å². The number of nitrogens with zero attached hydrogens (tertiary/aromatic N) is 4. The van der Waals surface area contributed by atoms with Crippen LogP contribution in [0.5, 0.6) is 0 Å². The number of hydrogen-bond donors (Lipinski definition) is 1. The first-order valence-electron chi connectivity index (χ1n) is 5.83. The van der Waals surface area contributed by atoms with Crippen molar-refractivity contribution in [3.05, 3.63) is 43.8 Å². The lowest BCUT2D eigenvalue weighted by Gasteiger charge is -2.07. The smallest absolute Gasteiger partial charge is 0.258 e. The first kappa shape index (κ1) is 17.2. The fourth-order valence-corrected chi connectivity index (χ4v) is 2.89. The maximum absolute atomic E-state index is 12.0. The number of nitrogens with one attached hydrogen (secondary N) is 1. The lowest BCUT2D eigenvalue weighted by atomic mass is 10.3. The van der Waals surface area contributed by atoms with Gasteiger partial charge >= 0.3 is 0 Å². The minimum atomic E-state index is -4.00. The van der Waals surface area contributed by atoms with Crippen molar-refractivity contribution in [2.75, 3.05) is 13.1 Å². The highest BCUT2D eigenvalue weighted by molar-refractivity contribution is 7.89. The van der Waals surface area contributed by atoms with E-state index in [1.54, 1.807) is 0 Å². The third-order valence-corrected chi connectivity index (χ3v) is 4.19. The molecule has 1 aromatic carbocycles. The highest BCUT2D eigenvalue weighted by Crippen LogP contribution is 2.26. The second-order valence-electron chi connectivity index (χ2n) is 3.93. The summed E-state index contributed by atoms with van der Waals surface area (Å²) >= 11 is 5.63. The van der Waals surface area contributed by atoms with Crippen LogP contribution in [0.4, 0.5) is 5.69 Å². The van der Waals surface area contributed by atoms with E-state index in [0.717, 1.165) is 12.1 Å². The molecule has 0 aliphatic carbocycles. The van der Waals surface area contributed by atoms with E-state index in [0.29, 0.717) is 12.8 Å². The number of nitro groups is 1. The Morgan fingerprint density at radius 3 is 2.76 bits per heavy atom. The van der Waals surface area contributed by atoms with E-state index in [1.165, 1.54) is 6.07 Å². The van der Waals surface area contributed by atoms with E-state index in [4.69, 9.17) is 17.1 Å². The minimum Gasteiger partial charge on any atom is -0.258 e. The van der Waals surface area contributed by atoms with Gasteiger partial charge in [0, 0.05) is 29.1 Å². The van der Waals surface area contributed by atoms with Crippen molar-refractivity contribution in [1.82, 2.24) is 4.72 Å². The number of unbranched alkanes of at least 4 members (excludes halogenated alkanes) is 1. The first-order chi connectivity index (χ1) is 9.88. The molecule has 1 rings (SSSR count). The van der Waals surface area contributed by atoms with Gasteiger partial charge in [-0.05, 0) is 30.5 Å². The molecular formula is C10H12ClN5O4S. The SMILES string of the molecule is [N-]=[N+]=NCCCCNS(=O)(=O)c1ccc(Cl)cc1[N+](=O)[O-]. The molecule has 0 aliphatic heterocycles.